The molecule has 3 aromatic carbocycles. The van der Waals surface area contributed by atoms with Gasteiger partial charge in [0, 0.05) is 77.3 Å². The van der Waals surface area contributed by atoms with Crippen LogP contribution in [0.25, 0.3) is 45.8 Å². The number of hydrogen-bond acceptors (Lipinski definition) is 14. The number of fused-ring (bicyclic) bond motifs is 1. The predicted octanol–water partition coefficient (Wildman–Crippen LogP) is 9.48. The van der Waals surface area contributed by atoms with Gasteiger partial charge in [-0.15, -0.1) is 0 Å². The van der Waals surface area contributed by atoms with E-state index in [-0.39, 0.29) is 49.3 Å². The number of carbonyl (C=O) groups is 5. The SMILES string of the molecule is CCCOc1cc(NCCOCCOCCOCCOCCC(=O)Nc2cccc3c2C(=O)N(C2CCC(=O)NC2=O)C3=O)ccc1-c1cnc(-c2cnc(-c3cccnc3)c(C)c2)c(/C=C/c2ccc(C3C[C@@H]3C)c(C)c2)c1. The number of rotatable bonds is 27. The van der Waals surface area contributed by atoms with Gasteiger partial charge in [0.25, 0.3) is 11.8 Å². The summed E-state index contributed by atoms with van der Waals surface area (Å²) in [5.74, 6) is -0.758. The summed E-state index contributed by atoms with van der Waals surface area (Å²) >= 11 is 0. The van der Waals surface area contributed by atoms with Gasteiger partial charge in [-0.25, -0.2) is 0 Å². The van der Waals surface area contributed by atoms with Crippen LogP contribution in [0.3, 0.4) is 0 Å². The van der Waals surface area contributed by atoms with E-state index in [4.69, 9.17) is 33.7 Å². The molecule has 3 aliphatic rings. The summed E-state index contributed by atoms with van der Waals surface area (Å²) < 4.78 is 29.0. The minimum Gasteiger partial charge on any atom is -0.493 e. The molecular weight excluding hydrogens is 1000 g/mol. The van der Waals surface area contributed by atoms with Crippen LogP contribution in [0.2, 0.25) is 0 Å². The second kappa shape index (κ2) is 26.6. The Kier molecular flexibility index (Phi) is 18.8. The van der Waals surface area contributed by atoms with E-state index in [2.05, 4.69) is 97.2 Å². The fourth-order valence-electron chi connectivity index (χ4n) is 9.89. The van der Waals surface area contributed by atoms with Gasteiger partial charge in [-0.2, -0.15) is 0 Å². The normalized spacial score (nSPS) is 16.8. The third kappa shape index (κ3) is 14.0. The van der Waals surface area contributed by atoms with Crippen LogP contribution in [0.1, 0.15) is 100 Å². The molecule has 410 valence electrons. The van der Waals surface area contributed by atoms with Crippen LogP contribution in [-0.2, 0) is 33.3 Å². The Morgan fingerprint density at radius 1 is 0.734 bits per heavy atom. The number of aromatic nitrogens is 3. The molecule has 79 heavy (non-hydrogen) atoms. The van der Waals surface area contributed by atoms with Gasteiger partial charge < -0.3 is 34.3 Å². The standard InChI is InChI=1S/C62H67N7O10/c1-5-22-79-54-35-47(64-21-24-76-26-28-78-30-29-77-27-25-75-23-19-56(71)67-52-10-6-9-50-57(52)62(74)69(61(50)73)53-17-18-55(70)68-60(53)72)14-16-49(54)45-34-43(13-11-42-12-15-48(39(2)31-42)51-33-40(51)3)59(66-37-45)46-32-41(4)58(65-38-46)44-8-7-20-63-36-44/h6-16,20,31-32,34-38,40,51,53,64H,5,17-19,21-30,33H2,1-4H3,(H,67,71)(H,68,70,72)/b13-11+/t40-,51?,53?/m0/s1. The molecule has 0 bridgehead atoms. The van der Waals surface area contributed by atoms with Crippen molar-refractivity contribution in [3.63, 3.8) is 0 Å². The number of anilines is 2. The first-order chi connectivity index (χ1) is 38.5. The summed E-state index contributed by atoms with van der Waals surface area (Å²) in [6, 6.07) is 24.6. The molecular formula is C62H67N7O10. The summed E-state index contributed by atoms with van der Waals surface area (Å²) in [5, 5.41) is 8.32. The number of nitrogens with one attached hydrogen (secondary N) is 3. The molecule has 3 atom stereocenters. The maximum absolute atomic E-state index is 13.3. The van der Waals surface area contributed by atoms with Gasteiger partial charge in [-0.05, 0) is 116 Å². The molecule has 5 amide bonds. The smallest absolute Gasteiger partial charge is 0.264 e. The summed E-state index contributed by atoms with van der Waals surface area (Å²) in [6.45, 7) is 12.5. The third-order valence-electron chi connectivity index (χ3n) is 14.1. The lowest BCUT2D eigenvalue weighted by molar-refractivity contribution is -0.136. The molecule has 5 heterocycles. The average molecular weight is 1070 g/mol. The van der Waals surface area contributed by atoms with Gasteiger partial charge >= 0.3 is 0 Å². The largest absolute Gasteiger partial charge is 0.493 e. The number of carbonyl (C=O) groups excluding carboxylic acids is 5. The highest BCUT2D eigenvalue weighted by atomic mass is 16.6. The lowest BCUT2D eigenvalue weighted by atomic mass is 9.97. The molecule has 17 heteroatoms. The monoisotopic (exact) mass is 1070 g/mol. The lowest BCUT2D eigenvalue weighted by Gasteiger charge is -2.27. The first kappa shape index (κ1) is 55.8. The van der Waals surface area contributed by atoms with Crippen molar-refractivity contribution in [3.8, 4) is 39.4 Å². The molecule has 2 fully saturated rings. The number of aryl methyl sites for hydroxylation is 2. The maximum Gasteiger partial charge on any atom is 0.264 e. The minimum atomic E-state index is -1.10. The highest BCUT2D eigenvalue weighted by Gasteiger charge is 2.46. The molecule has 1 saturated heterocycles. The zero-order valence-corrected chi connectivity index (χ0v) is 45.2. The van der Waals surface area contributed by atoms with E-state index in [1.807, 2.05) is 42.9 Å². The van der Waals surface area contributed by atoms with Gasteiger partial charge in [0.2, 0.25) is 17.7 Å². The van der Waals surface area contributed by atoms with Crippen molar-refractivity contribution in [2.75, 3.05) is 76.6 Å². The van der Waals surface area contributed by atoms with Gasteiger partial charge in [0.05, 0.1) is 94.1 Å². The predicted molar refractivity (Wildman–Crippen MR) is 301 cm³/mol. The highest BCUT2D eigenvalue weighted by Crippen LogP contribution is 2.48. The van der Waals surface area contributed by atoms with Crippen molar-refractivity contribution in [2.24, 2.45) is 5.92 Å². The van der Waals surface area contributed by atoms with E-state index in [0.717, 1.165) is 79.0 Å². The number of imide groups is 2. The van der Waals surface area contributed by atoms with E-state index in [1.165, 1.54) is 29.7 Å². The van der Waals surface area contributed by atoms with Crippen LogP contribution in [0.5, 0.6) is 5.75 Å². The third-order valence-corrected chi connectivity index (χ3v) is 14.1. The Hall–Kier alpha value is -7.96. The summed E-state index contributed by atoms with van der Waals surface area (Å²) in [5.41, 5.74) is 12.6. The van der Waals surface area contributed by atoms with Gasteiger partial charge in [0.15, 0.2) is 0 Å². The highest BCUT2D eigenvalue weighted by molar-refractivity contribution is 6.26. The van der Waals surface area contributed by atoms with E-state index in [1.54, 1.807) is 12.3 Å². The van der Waals surface area contributed by atoms with E-state index in [9.17, 15) is 24.0 Å². The number of amides is 5. The topological polar surface area (TPSA) is 209 Å². The number of hydrogen-bond donors (Lipinski definition) is 3. The first-order valence-electron chi connectivity index (χ1n) is 27.1. The van der Waals surface area contributed by atoms with Gasteiger partial charge in [0.1, 0.15) is 11.8 Å². The Labute approximate surface area is 460 Å². The number of ether oxygens (including phenoxy) is 5. The number of nitrogens with zero attached hydrogens (tertiary/aromatic N) is 4. The van der Waals surface area contributed by atoms with Gasteiger partial charge in [-0.3, -0.25) is 49.1 Å². The van der Waals surface area contributed by atoms with Crippen molar-refractivity contribution in [1.29, 1.82) is 0 Å². The molecule has 9 rings (SSSR count). The average Bonchev–Trinajstić information content (AvgIpc) is 4.35. The fraction of sp³-hybridized carbons (Fsp3) is 0.355. The van der Waals surface area contributed by atoms with Crippen molar-refractivity contribution in [3.05, 3.63) is 143 Å². The van der Waals surface area contributed by atoms with Crippen molar-refractivity contribution in [1.82, 2.24) is 25.2 Å². The zero-order chi connectivity index (χ0) is 55.3. The summed E-state index contributed by atoms with van der Waals surface area (Å²) in [6.07, 6.45) is 13.9. The van der Waals surface area contributed by atoms with Crippen molar-refractivity contribution in [2.45, 2.75) is 71.8 Å². The van der Waals surface area contributed by atoms with Crippen LogP contribution >= 0.6 is 0 Å². The maximum atomic E-state index is 13.3. The quantitative estimate of drug-likeness (QED) is 0.0324. The molecule has 6 aromatic rings. The Morgan fingerprint density at radius 3 is 2.19 bits per heavy atom. The second-order valence-electron chi connectivity index (χ2n) is 20.0. The number of piperidine rings is 1. The van der Waals surface area contributed by atoms with Crippen LogP contribution in [0.4, 0.5) is 11.4 Å². The van der Waals surface area contributed by atoms with E-state index < -0.39 is 35.6 Å². The number of benzene rings is 3. The van der Waals surface area contributed by atoms with Crippen LogP contribution in [0.15, 0.2) is 104 Å². The Balaban J connectivity index is 0.700. The molecule has 3 aromatic heterocycles. The Morgan fingerprint density at radius 2 is 1.48 bits per heavy atom. The summed E-state index contributed by atoms with van der Waals surface area (Å²) in [7, 11) is 0. The second-order valence-corrected chi connectivity index (χ2v) is 20.0. The van der Waals surface area contributed by atoms with Gasteiger partial charge in [-0.1, -0.05) is 50.3 Å². The molecule has 1 saturated carbocycles. The van der Waals surface area contributed by atoms with Crippen LogP contribution < -0.4 is 20.7 Å². The minimum absolute atomic E-state index is 0.00546. The fourth-order valence-corrected chi connectivity index (χ4v) is 9.89. The van der Waals surface area contributed by atoms with Crippen LogP contribution in [0, 0.1) is 19.8 Å². The summed E-state index contributed by atoms with van der Waals surface area (Å²) in [4.78, 5) is 78.3. The van der Waals surface area contributed by atoms with E-state index >= 15 is 0 Å². The molecule has 2 aliphatic heterocycles. The van der Waals surface area contributed by atoms with Crippen LogP contribution in [-0.4, -0.2) is 121 Å². The molecule has 3 N–H and O–H groups in total. The van der Waals surface area contributed by atoms with Crippen molar-refractivity contribution < 1.29 is 47.7 Å². The lowest BCUT2D eigenvalue weighted by Crippen LogP contribution is -2.54. The number of pyridine rings is 3. The zero-order valence-electron chi connectivity index (χ0n) is 45.2. The van der Waals surface area contributed by atoms with E-state index in [0.29, 0.717) is 58.7 Å². The van der Waals surface area contributed by atoms with Crippen molar-refractivity contribution >= 4 is 53.1 Å². The molecule has 17 nitrogen and oxygen atoms in total. The Bertz CT molecular complexity index is 3220. The molecule has 0 spiro atoms. The molecule has 2 unspecified atom stereocenters. The molecule has 1 aliphatic carbocycles. The molecule has 0 radical (unpaired) electrons. The first-order valence-corrected chi connectivity index (χ1v) is 27.1.